The van der Waals surface area contributed by atoms with E-state index in [-0.39, 0.29) is 28.9 Å². The zero-order chi connectivity index (χ0) is 26.7. The van der Waals surface area contributed by atoms with Crippen molar-refractivity contribution in [1.82, 2.24) is 5.32 Å². The van der Waals surface area contributed by atoms with E-state index >= 15 is 0 Å². The molecule has 0 radical (unpaired) electrons. The summed E-state index contributed by atoms with van der Waals surface area (Å²) in [5.74, 6) is 3.50. The summed E-state index contributed by atoms with van der Waals surface area (Å²) in [7, 11) is 0. The van der Waals surface area contributed by atoms with Crippen molar-refractivity contribution < 1.29 is 14.7 Å². The van der Waals surface area contributed by atoms with Crippen molar-refractivity contribution in [1.29, 1.82) is 0 Å². The maximum Gasteiger partial charge on any atom is 0.220 e. The Kier molecular flexibility index (Phi) is 7.79. The molecule has 4 nitrogen and oxygen atoms in total. The molecule has 4 aliphatic rings. The summed E-state index contributed by atoms with van der Waals surface area (Å²) in [6.45, 7) is 11.5. The maximum atomic E-state index is 13.3. The topological polar surface area (TPSA) is 66.4 Å². The van der Waals surface area contributed by atoms with E-state index in [0.29, 0.717) is 60.1 Å². The molecule has 4 aliphatic carbocycles. The fraction of sp³-hybridized carbons (Fsp3) is 0.806. The van der Waals surface area contributed by atoms with Crippen LogP contribution in [0.5, 0.6) is 0 Å². The Morgan fingerprint density at radius 2 is 1.86 bits per heavy atom. The number of ketones is 1. The van der Waals surface area contributed by atoms with Crippen LogP contribution in [0.3, 0.4) is 0 Å². The van der Waals surface area contributed by atoms with E-state index in [4.69, 9.17) is 0 Å². The summed E-state index contributed by atoms with van der Waals surface area (Å²) in [6.07, 6.45) is 8.17. The molecule has 1 unspecified atom stereocenters. The molecule has 0 aromatic carbocycles. The molecule has 206 valence electrons. The van der Waals surface area contributed by atoms with E-state index in [1.54, 1.807) is 11.3 Å². The zero-order valence-corrected chi connectivity index (χ0v) is 25.7. The number of thiophene rings is 1. The number of aliphatic hydroxyl groups is 1. The third kappa shape index (κ3) is 4.90. The number of hydrogen-bond donors (Lipinski definition) is 2. The minimum Gasteiger partial charge on any atom is -0.393 e. The van der Waals surface area contributed by atoms with Crippen LogP contribution in [-0.2, 0) is 9.59 Å². The molecular formula is C31H46BrNO3S. The van der Waals surface area contributed by atoms with Crippen LogP contribution in [0.1, 0.15) is 103 Å². The quantitative estimate of drug-likeness (QED) is 0.359. The summed E-state index contributed by atoms with van der Waals surface area (Å²) >= 11 is 5.27. The van der Waals surface area contributed by atoms with Gasteiger partial charge >= 0.3 is 0 Å². The molecule has 2 N–H and O–H groups in total. The van der Waals surface area contributed by atoms with Crippen LogP contribution in [0.4, 0.5) is 0 Å². The molecule has 1 aromatic rings. The summed E-state index contributed by atoms with van der Waals surface area (Å²) < 4.78 is 1.10. The monoisotopic (exact) mass is 591 g/mol. The standard InChI is InChI=1S/C31H46BrNO3S/c1-17(2)29(25-8-9-26(32)37-25)33-27(36)14-18(3)21-6-7-22-28-23(11-13-31(21,22)5)30(4)12-10-20(34)15-19(30)16-24(28)35/h8-9,17-19,21-24,28-29,35H,6-7,10-16H2,1-5H3,(H,33,36)/t18-,19+,21?,22+,23+,24-,28+,29+,30+,31-/m1/s1. The number of hydrogen-bond acceptors (Lipinski definition) is 4. The van der Waals surface area contributed by atoms with Crippen molar-refractivity contribution >= 4 is 39.0 Å². The Morgan fingerprint density at radius 1 is 1.14 bits per heavy atom. The first-order valence-electron chi connectivity index (χ1n) is 14.7. The Bertz CT molecular complexity index is 1020. The van der Waals surface area contributed by atoms with Crippen LogP contribution in [-0.4, -0.2) is 22.9 Å². The van der Waals surface area contributed by atoms with E-state index in [9.17, 15) is 14.7 Å². The summed E-state index contributed by atoms with van der Waals surface area (Å²) in [5, 5.41) is 14.8. The highest BCUT2D eigenvalue weighted by molar-refractivity contribution is 9.11. The Morgan fingerprint density at radius 3 is 2.54 bits per heavy atom. The molecule has 4 saturated carbocycles. The van der Waals surface area contributed by atoms with Crippen LogP contribution in [0.15, 0.2) is 15.9 Å². The van der Waals surface area contributed by atoms with Crippen LogP contribution in [0.25, 0.3) is 0 Å². The molecule has 0 aliphatic heterocycles. The first-order valence-corrected chi connectivity index (χ1v) is 16.3. The van der Waals surface area contributed by atoms with Gasteiger partial charge in [-0.2, -0.15) is 0 Å². The largest absolute Gasteiger partial charge is 0.393 e. The van der Waals surface area contributed by atoms with E-state index in [2.05, 4.69) is 68.0 Å². The number of nitrogens with one attached hydrogen (secondary N) is 1. The van der Waals surface area contributed by atoms with Gasteiger partial charge in [0, 0.05) is 24.1 Å². The first kappa shape index (κ1) is 27.8. The molecule has 6 heteroatoms. The minimum atomic E-state index is -0.284. The Hall–Kier alpha value is -0.720. The summed E-state index contributed by atoms with van der Waals surface area (Å²) in [5.41, 5.74) is 0.386. The maximum absolute atomic E-state index is 13.3. The number of halogens is 1. The highest BCUT2D eigenvalue weighted by atomic mass is 79.9. The van der Waals surface area contributed by atoms with Crippen LogP contribution < -0.4 is 5.32 Å². The van der Waals surface area contributed by atoms with Crippen molar-refractivity contribution in [3.05, 3.63) is 20.8 Å². The number of rotatable bonds is 6. The van der Waals surface area contributed by atoms with Crippen molar-refractivity contribution in [3.8, 4) is 0 Å². The van der Waals surface area contributed by atoms with Gasteiger partial charge in [-0.1, -0.05) is 34.6 Å². The lowest BCUT2D eigenvalue weighted by Gasteiger charge is -2.61. The molecule has 0 saturated heterocycles. The molecule has 0 spiro atoms. The van der Waals surface area contributed by atoms with Gasteiger partial charge in [-0.25, -0.2) is 0 Å². The average molecular weight is 593 g/mol. The fourth-order valence-electron chi connectivity index (χ4n) is 9.72. The number of amides is 1. The Balaban J connectivity index is 1.28. The SMILES string of the molecule is CC(C)[C@H](NC(=O)C[C@@H](C)C1CC[C@H]2[C@@H]3[C@H](O)C[C@@H]4CC(=O)CC[C@]4(C)[C@H]3CC[C@]12C)c1ccc(Br)s1. The smallest absolute Gasteiger partial charge is 0.220 e. The summed E-state index contributed by atoms with van der Waals surface area (Å²) in [4.78, 5) is 26.7. The van der Waals surface area contributed by atoms with Crippen molar-refractivity contribution in [2.45, 2.75) is 105 Å². The van der Waals surface area contributed by atoms with Gasteiger partial charge in [-0.15, -0.1) is 11.3 Å². The predicted molar refractivity (Wildman–Crippen MR) is 153 cm³/mol. The third-order valence-corrected chi connectivity index (χ3v) is 13.4. The molecule has 0 bridgehead atoms. The van der Waals surface area contributed by atoms with E-state index in [0.717, 1.165) is 35.9 Å². The van der Waals surface area contributed by atoms with Crippen molar-refractivity contribution in [3.63, 3.8) is 0 Å². The molecular weight excluding hydrogens is 546 g/mol. The minimum absolute atomic E-state index is 0.0480. The zero-order valence-electron chi connectivity index (χ0n) is 23.3. The number of carbonyl (C=O) groups is 2. The number of carbonyl (C=O) groups excluding carboxylic acids is 2. The number of aliphatic hydroxyl groups excluding tert-OH is 1. The van der Waals surface area contributed by atoms with Crippen molar-refractivity contribution in [2.75, 3.05) is 0 Å². The number of Topliss-reactive ketones (excluding diaryl/α,β-unsaturated/α-hetero) is 1. The normalized spacial score (nSPS) is 41.0. The highest BCUT2D eigenvalue weighted by Gasteiger charge is 2.63. The Labute approximate surface area is 235 Å². The van der Waals surface area contributed by atoms with Gasteiger partial charge in [-0.05, 0) is 119 Å². The van der Waals surface area contributed by atoms with E-state index in [1.807, 2.05) is 0 Å². The second-order valence-electron chi connectivity index (χ2n) is 13.9. The van der Waals surface area contributed by atoms with Gasteiger partial charge in [-0.3, -0.25) is 9.59 Å². The van der Waals surface area contributed by atoms with E-state index in [1.165, 1.54) is 17.7 Å². The molecule has 37 heavy (non-hydrogen) atoms. The first-order chi connectivity index (χ1) is 17.4. The lowest BCUT2D eigenvalue weighted by molar-refractivity contribution is -0.169. The van der Waals surface area contributed by atoms with Crippen LogP contribution in [0.2, 0.25) is 0 Å². The molecule has 4 fully saturated rings. The van der Waals surface area contributed by atoms with Crippen LogP contribution in [0, 0.1) is 52.3 Å². The summed E-state index contributed by atoms with van der Waals surface area (Å²) in [6, 6.07) is 4.23. The van der Waals surface area contributed by atoms with Crippen molar-refractivity contribution in [2.24, 2.45) is 52.3 Å². The molecule has 5 rings (SSSR count). The lowest BCUT2D eigenvalue weighted by atomic mass is 9.44. The van der Waals surface area contributed by atoms with Gasteiger partial charge in [0.05, 0.1) is 15.9 Å². The van der Waals surface area contributed by atoms with Gasteiger partial charge in [0.25, 0.3) is 0 Å². The third-order valence-electron chi connectivity index (χ3n) is 11.7. The molecule has 10 atom stereocenters. The second kappa shape index (κ2) is 10.4. The lowest BCUT2D eigenvalue weighted by Crippen LogP contribution is -2.58. The molecule has 1 heterocycles. The van der Waals surface area contributed by atoms with Crippen LogP contribution >= 0.6 is 27.3 Å². The van der Waals surface area contributed by atoms with Gasteiger partial charge < -0.3 is 10.4 Å². The molecule has 1 aromatic heterocycles. The van der Waals surface area contributed by atoms with Gasteiger partial charge in [0.15, 0.2) is 0 Å². The predicted octanol–water partition coefficient (Wildman–Crippen LogP) is 7.55. The molecule has 1 amide bonds. The second-order valence-corrected chi connectivity index (χ2v) is 16.4. The average Bonchev–Trinajstić information content (AvgIpc) is 3.41. The van der Waals surface area contributed by atoms with Gasteiger partial charge in [0.1, 0.15) is 5.78 Å². The fourth-order valence-corrected chi connectivity index (χ4v) is 11.4. The van der Waals surface area contributed by atoms with E-state index < -0.39 is 0 Å². The number of fused-ring (bicyclic) bond motifs is 5. The van der Waals surface area contributed by atoms with Gasteiger partial charge in [0.2, 0.25) is 5.91 Å². The highest BCUT2D eigenvalue weighted by Crippen LogP contribution is 2.68.